The van der Waals surface area contributed by atoms with E-state index in [1.807, 2.05) is 60.7 Å². The molecule has 318 valence electrons. The lowest BCUT2D eigenvalue weighted by atomic mass is 9.60. The summed E-state index contributed by atoms with van der Waals surface area (Å²) in [6.07, 6.45) is 0. The third kappa shape index (κ3) is 7.00. The predicted octanol–water partition coefficient (Wildman–Crippen LogP) is 15.0. The lowest BCUT2D eigenvalue weighted by Gasteiger charge is -2.42. The molecule has 0 fully saturated rings. The fraction of sp³-hybridized carbons (Fsp3) is 0.0317. The van der Waals surface area contributed by atoms with E-state index in [2.05, 4.69) is 176 Å². The van der Waals surface area contributed by atoms with E-state index in [1.165, 1.54) is 50.1 Å². The Kier molecular flexibility index (Phi) is 9.57. The standard InChI is InChI=1S/C63H41N5/c1-5-16-40(17-6-1)41-28-30-42(31-29-41)56-39-57(65-60(64-56)43-18-7-2-8-19-43)48-25-15-24-46(36-48)47-32-34-52-54(37-47)58-50-26-13-14-27-51(50)59(52)55-38-49(33-35-53(55)58)63-67-61(44-20-9-3-10-21-44)66-62(68-63)45-22-11-4-12-23-45/h1-39,58-59H. The van der Waals surface area contributed by atoms with Crippen LogP contribution in [0.1, 0.15) is 45.2 Å². The number of nitrogens with zero attached hydrogens (tertiary/aromatic N) is 5. The van der Waals surface area contributed by atoms with Crippen LogP contribution in [-0.4, -0.2) is 24.9 Å². The fourth-order valence-electron chi connectivity index (χ4n) is 10.3. The third-order valence-electron chi connectivity index (χ3n) is 13.5. The lowest BCUT2D eigenvalue weighted by Crippen LogP contribution is -2.27. The van der Waals surface area contributed by atoms with Crippen molar-refractivity contribution in [2.24, 2.45) is 0 Å². The minimum Gasteiger partial charge on any atom is -0.228 e. The van der Waals surface area contributed by atoms with Crippen LogP contribution in [0.15, 0.2) is 237 Å². The monoisotopic (exact) mass is 867 g/mol. The molecule has 5 heteroatoms. The van der Waals surface area contributed by atoms with E-state index in [4.69, 9.17) is 24.9 Å². The van der Waals surface area contributed by atoms with Crippen LogP contribution < -0.4 is 0 Å². The summed E-state index contributed by atoms with van der Waals surface area (Å²) in [5.41, 5.74) is 20.4. The molecule has 11 aromatic rings. The molecule has 2 bridgehead atoms. The summed E-state index contributed by atoms with van der Waals surface area (Å²) >= 11 is 0. The average Bonchev–Trinajstić information content (AvgIpc) is 3.43. The maximum absolute atomic E-state index is 5.20. The zero-order valence-corrected chi connectivity index (χ0v) is 36.9. The Bertz CT molecular complexity index is 3610. The van der Waals surface area contributed by atoms with Gasteiger partial charge < -0.3 is 0 Å². The molecule has 0 spiro atoms. The first kappa shape index (κ1) is 39.4. The van der Waals surface area contributed by atoms with Crippen molar-refractivity contribution in [2.45, 2.75) is 11.8 Å². The molecule has 0 aliphatic heterocycles. The van der Waals surface area contributed by atoms with E-state index in [9.17, 15) is 0 Å². The van der Waals surface area contributed by atoms with Crippen LogP contribution in [0, 0.1) is 0 Å². The normalized spacial score (nSPS) is 14.2. The first-order valence-electron chi connectivity index (χ1n) is 23.1. The number of hydrogen-bond donors (Lipinski definition) is 0. The van der Waals surface area contributed by atoms with Crippen molar-refractivity contribution in [1.29, 1.82) is 0 Å². The Balaban J connectivity index is 0.880. The molecular formula is C63H41N5. The first-order chi connectivity index (χ1) is 33.7. The molecule has 68 heavy (non-hydrogen) atoms. The van der Waals surface area contributed by atoms with Gasteiger partial charge in [-0.2, -0.15) is 0 Å². The first-order valence-corrected chi connectivity index (χ1v) is 23.1. The minimum absolute atomic E-state index is 0.0724. The van der Waals surface area contributed by atoms with Crippen molar-refractivity contribution in [3.8, 4) is 90.3 Å². The highest BCUT2D eigenvalue weighted by Crippen LogP contribution is 2.56. The average molecular weight is 868 g/mol. The van der Waals surface area contributed by atoms with Crippen molar-refractivity contribution < 1.29 is 0 Å². The van der Waals surface area contributed by atoms with Gasteiger partial charge in [0.15, 0.2) is 23.3 Å². The molecule has 14 rings (SSSR count). The van der Waals surface area contributed by atoms with Crippen molar-refractivity contribution >= 4 is 0 Å². The minimum atomic E-state index is 0.0724. The van der Waals surface area contributed by atoms with Gasteiger partial charge in [0.25, 0.3) is 0 Å². The molecule has 2 aromatic heterocycles. The SMILES string of the molecule is c1ccc(-c2ccc(-c3cc(-c4cccc(-c5ccc6c(c5)C5c7ccccc7C6c6cc(-c7nc(-c8ccccc8)nc(-c8ccccc8)n7)ccc65)c4)nc(-c4ccccc4)n3)cc2)cc1. The van der Waals surface area contributed by atoms with Gasteiger partial charge in [0.2, 0.25) is 0 Å². The van der Waals surface area contributed by atoms with Gasteiger partial charge >= 0.3 is 0 Å². The summed E-state index contributed by atoms with van der Waals surface area (Å²) < 4.78 is 0. The summed E-state index contributed by atoms with van der Waals surface area (Å²) in [7, 11) is 0. The summed E-state index contributed by atoms with van der Waals surface area (Å²) in [6.45, 7) is 0. The molecule has 0 saturated heterocycles. The highest BCUT2D eigenvalue weighted by molar-refractivity contribution is 5.80. The fourth-order valence-corrected chi connectivity index (χ4v) is 10.3. The molecule has 0 N–H and O–H groups in total. The van der Waals surface area contributed by atoms with E-state index in [1.54, 1.807) is 0 Å². The Morgan fingerprint density at radius 2 is 0.529 bits per heavy atom. The molecule has 3 aliphatic carbocycles. The van der Waals surface area contributed by atoms with Gasteiger partial charge in [0.05, 0.1) is 11.4 Å². The number of hydrogen-bond acceptors (Lipinski definition) is 5. The second kappa shape index (κ2) is 16.5. The number of rotatable bonds is 8. The van der Waals surface area contributed by atoms with Crippen LogP contribution in [-0.2, 0) is 0 Å². The van der Waals surface area contributed by atoms with Crippen molar-refractivity contribution in [2.75, 3.05) is 0 Å². The number of benzene rings is 9. The van der Waals surface area contributed by atoms with E-state index >= 15 is 0 Å². The molecule has 9 aromatic carbocycles. The maximum atomic E-state index is 5.20. The van der Waals surface area contributed by atoms with Crippen molar-refractivity contribution in [1.82, 2.24) is 24.9 Å². The molecule has 0 radical (unpaired) electrons. The highest BCUT2D eigenvalue weighted by Gasteiger charge is 2.41. The summed E-state index contributed by atoms with van der Waals surface area (Å²) in [4.78, 5) is 25.5. The van der Waals surface area contributed by atoms with Gasteiger partial charge in [-0.1, -0.05) is 212 Å². The van der Waals surface area contributed by atoms with Gasteiger partial charge in [-0.3, -0.25) is 0 Å². The van der Waals surface area contributed by atoms with Gasteiger partial charge in [0, 0.05) is 45.2 Å². The van der Waals surface area contributed by atoms with Gasteiger partial charge in [-0.05, 0) is 79.9 Å². The van der Waals surface area contributed by atoms with Crippen LogP contribution in [0.4, 0.5) is 0 Å². The quantitative estimate of drug-likeness (QED) is 0.152. The molecule has 3 aliphatic rings. The number of aromatic nitrogens is 5. The Morgan fingerprint density at radius 1 is 0.191 bits per heavy atom. The van der Waals surface area contributed by atoms with E-state index in [-0.39, 0.29) is 11.8 Å². The largest absolute Gasteiger partial charge is 0.228 e. The second-order valence-corrected chi connectivity index (χ2v) is 17.6. The van der Waals surface area contributed by atoms with E-state index < -0.39 is 0 Å². The molecule has 2 atom stereocenters. The summed E-state index contributed by atoms with van der Waals surface area (Å²) in [6, 6.07) is 83.6. The molecular weight excluding hydrogens is 827 g/mol. The lowest BCUT2D eigenvalue weighted by molar-refractivity contribution is 0.755. The van der Waals surface area contributed by atoms with Crippen LogP contribution >= 0.6 is 0 Å². The molecule has 0 amide bonds. The summed E-state index contributed by atoms with van der Waals surface area (Å²) in [5, 5.41) is 0. The van der Waals surface area contributed by atoms with Gasteiger partial charge in [-0.15, -0.1) is 0 Å². The van der Waals surface area contributed by atoms with E-state index in [0.717, 1.165) is 50.3 Å². The molecule has 2 heterocycles. The van der Waals surface area contributed by atoms with Crippen LogP contribution in [0.25, 0.3) is 90.3 Å². The van der Waals surface area contributed by atoms with Gasteiger partial charge in [-0.25, -0.2) is 24.9 Å². The third-order valence-corrected chi connectivity index (χ3v) is 13.5. The Labute approximate surface area is 395 Å². The molecule has 5 nitrogen and oxygen atoms in total. The van der Waals surface area contributed by atoms with Crippen LogP contribution in [0.3, 0.4) is 0 Å². The zero-order chi connectivity index (χ0) is 45.0. The van der Waals surface area contributed by atoms with Gasteiger partial charge in [0.1, 0.15) is 0 Å². The second-order valence-electron chi connectivity index (χ2n) is 17.6. The van der Waals surface area contributed by atoms with Crippen LogP contribution in [0.5, 0.6) is 0 Å². The van der Waals surface area contributed by atoms with E-state index in [0.29, 0.717) is 23.3 Å². The molecule has 2 unspecified atom stereocenters. The highest BCUT2D eigenvalue weighted by atomic mass is 15.0. The Morgan fingerprint density at radius 3 is 1.07 bits per heavy atom. The van der Waals surface area contributed by atoms with Crippen molar-refractivity contribution in [3.63, 3.8) is 0 Å². The van der Waals surface area contributed by atoms with Crippen LogP contribution in [0.2, 0.25) is 0 Å². The summed E-state index contributed by atoms with van der Waals surface area (Å²) in [5.74, 6) is 2.84. The predicted molar refractivity (Wildman–Crippen MR) is 274 cm³/mol. The maximum Gasteiger partial charge on any atom is 0.164 e. The molecule has 0 saturated carbocycles. The Hall–Kier alpha value is -8.93. The topological polar surface area (TPSA) is 64.5 Å². The smallest absolute Gasteiger partial charge is 0.164 e. The van der Waals surface area contributed by atoms with Crippen molar-refractivity contribution in [3.05, 3.63) is 270 Å². The zero-order valence-electron chi connectivity index (χ0n) is 36.9.